The molecule has 1 unspecified atom stereocenters. The predicted octanol–water partition coefficient (Wildman–Crippen LogP) is 2.00. The van der Waals surface area contributed by atoms with Crippen molar-refractivity contribution in [2.45, 2.75) is 25.3 Å². The molecule has 0 N–H and O–H groups in total. The minimum Gasteiger partial charge on any atom is -0.344 e. The van der Waals surface area contributed by atoms with Crippen molar-refractivity contribution in [1.82, 2.24) is 24.8 Å². The molecule has 0 saturated carbocycles. The highest BCUT2D eigenvalue weighted by Gasteiger charge is 2.31. The molecule has 2 amide bonds. The number of aromatic nitrogens is 3. The van der Waals surface area contributed by atoms with Crippen LogP contribution in [-0.4, -0.2) is 57.2 Å². The molecule has 126 valence electrons. The molecule has 3 heterocycles. The zero-order valence-electron chi connectivity index (χ0n) is 13.7. The first kappa shape index (κ1) is 16.5. The molecule has 0 radical (unpaired) electrons. The van der Waals surface area contributed by atoms with Crippen LogP contribution in [0.25, 0.3) is 0 Å². The van der Waals surface area contributed by atoms with Gasteiger partial charge in [0.05, 0.1) is 17.8 Å². The lowest BCUT2D eigenvalue weighted by molar-refractivity contribution is 0.0610. The third kappa shape index (κ3) is 3.28. The second-order valence-corrected chi connectivity index (χ2v) is 6.96. The first-order valence-corrected chi connectivity index (χ1v) is 8.63. The maximum absolute atomic E-state index is 12.8. The summed E-state index contributed by atoms with van der Waals surface area (Å²) in [4.78, 5) is 41.1. The van der Waals surface area contributed by atoms with Gasteiger partial charge in [0, 0.05) is 33.0 Å². The summed E-state index contributed by atoms with van der Waals surface area (Å²) in [7, 11) is 3.43. The number of rotatable bonds is 3. The topological polar surface area (TPSA) is 79.3 Å². The van der Waals surface area contributed by atoms with Crippen molar-refractivity contribution in [1.29, 1.82) is 0 Å². The van der Waals surface area contributed by atoms with Gasteiger partial charge in [-0.05, 0) is 19.3 Å². The lowest BCUT2D eigenvalue weighted by Gasteiger charge is -2.34. The average molecular weight is 345 g/mol. The summed E-state index contributed by atoms with van der Waals surface area (Å²) in [5, 5.41) is 0.810. The van der Waals surface area contributed by atoms with E-state index in [0.717, 1.165) is 24.3 Å². The molecule has 2 aromatic rings. The van der Waals surface area contributed by atoms with Gasteiger partial charge in [-0.1, -0.05) is 0 Å². The van der Waals surface area contributed by atoms with Crippen LogP contribution in [0.1, 0.15) is 50.3 Å². The number of piperidine rings is 1. The first-order valence-electron chi connectivity index (χ1n) is 7.81. The lowest BCUT2D eigenvalue weighted by atomic mass is 10.0. The third-order valence-electron chi connectivity index (χ3n) is 4.00. The smallest absolute Gasteiger partial charge is 0.265 e. The second kappa shape index (κ2) is 7.04. The average Bonchev–Trinajstić information content (AvgIpc) is 3.11. The molecule has 1 aliphatic heterocycles. The van der Waals surface area contributed by atoms with Crippen molar-refractivity contribution >= 4 is 23.2 Å². The van der Waals surface area contributed by atoms with Crippen LogP contribution in [0.5, 0.6) is 0 Å². The van der Waals surface area contributed by atoms with Gasteiger partial charge in [0.25, 0.3) is 11.8 Å². The molecule has 3 rings (SSSR count). The van der Waals surface area contributed by atoms with Crippen LogP contribution in [0.2, 0.25) is 0 Å². The van der Waals surface area contributed by atoms with Crippen LogP contribution in [0.4, 0.5) is 0 Å². The minimum absolute atomic E-state index is 0.0658. The lowest BCUT2D eigenvalue weighted by Crippen LogP contribution is -2.38. The van der Waals surface area contributed by atoms with Crippen molar-refractivity contribution < 1.29 is 9.59 Å². The van der Waals surface area contributed by atoms with Crippen molar-refractivity contribution in [2.75, 3.05) is 20.6 Å². The Morgan fingerprint density at radius 3 is 2.67 bits per heavy atom. The molecule has 0 aromatic carbocycles. The van der Waals surface area contributed by atoms with Crippen molar-refractivity contribution in [3.8, 4) is 0 Å². The van der Waals surface area contributed by atoms with Crippen molar-refractivity contribution in [3.63, 3.8) is 0 Å². The number of nitrogens with zero attached hydrogens (tertiary/aromatic N) is 5. The van der Waals surface area contributed by atoms with E-state index in [-0.39, 0.29) is 17.9 Å². The standard InChI is InChI=1S/C16H19N5O2S/c1-20(2)16(23)13-9-19-14(24-13)12-5-3-4-6-21(12)15(22)11-7-17-10-18-8-11/h7-10,12H,3-6H2,1-2H3. The SMILES string of the molecule is CN(C)C(=O)c1cnc(C2CCCCN2C(=O)c2cncnc2)s1. The molecule has 0 aliphatic carbocycles. The summed E-state index contributed by atoms with van der Waals surface area (Å²) in [6.45, 7) is 0.676. The summed E-state index contributed by atoms with van der Waals surface area (Å²) >= 11 is 1.36. The third-order valence-corrected chi connectivity index (χ3v) is 5.08. The van der Waals surface area contributed by atoms with Gasteiger partial charge in [-0.15, -0.1) is 11.3 Å². The van der Waals surface area contributed by atoms with E-state index in [0.29, 0.717) is 17.0 Å². The van der Waals surface area contributed by atoms with Crippen LogP contribution in [0.3, 0.4) is 0 Å². The fourth-order valence-electron chi connectivity index (χ4n) is 2.77. The fraction of sp³-hybridized carbons (Fsp3) is 0.438. The van der Waals surface area contributed by atoms with Gasteiger partial charge in [0.15, 0.2) is 0 Å². The Labute approximate surface area is 144 Å². The van der Waals surface area contributed by atoms with E-state index in [2.05, 4.69) is 15.0 Å². The number of thiazole rings is 1. The normalized spacial score (nSPS) is 17.6. The molecule has 1 saturated heterocycles. The van der Waals surface area contributed by atoms with Gasteiger partial charge in [-0.3, -0.25) is 9.59 Å². The number of hydrogen-bond donors (Lipinski definition) is 0. The molecular formula is C16H19N5O2S. The van der Waals surface area contributed by atoms with Crippen molar-refractivity contribution in [2.24, 2.45) is 0 Å². The Bertz CT molecular complexity index is 731. The molecule has 1 aliphatic rings. The van der Waals surface area contributed by atoms with E-state index in [1.807, 2.05) is 4.90 Å². The number of likely N-dealkylation sites (tertiary alicyclic amines) is 1. The van der Waals surface area contributed by atoms with Crippen LogP contribution in [-0.2, 0) is 0 Å². The number of hydrogen-bond acceptors (Lipinski definition) is 6. The van der Waals surface area contributed by atoms with Gasteiger partial charge >= 0.3 is 0 Å². The van der Waals surface area contributed by atoms with E-state index in [9.17, 15) is 9.59 Å². The molecule has 24 heavy (non-hydrogen) atoms. The quantitative estimate of drug-likeness (QED) is 0.850. The van der Waals surface area contributed by atoms with Crippen LogP contribution in [0, 0.1) is 0 Å². The van der Waals surface area contributed by atoms with E-state index in [1.165, 1.54) is 35.0 Å². The maximum Gasteiger partial charge on any atom is 0.265 e. The first-order chi connectivity index (χ1) is 11.6. The van der Waals surface area contributed by atoms with E-state index < -0.39 is 0 Å². The van der Waals surface area contributed by atoms with Crippen LogP contribution in [0.15, 0.2) is 24.9 Å². The zero-order valence-corrected chi connectivity index (χ0v) is 14.5. The molecule has 8 heteroatoms. The molecule has 0 bridgehead atoms. The summed E-state index contributed by atoms with van der Waals surface area (Å²) in [6, 6.07) is -0.0971. The maximum atomic E-state index is 12.8. The van der Waals surface area contributed by atoms with Crippen LogP contribution < -0.4 is 0 Å². The molecule has 1 fully saturated rings. The number of carbonyl (C=O) groups is 2. The molecule has 1 atom stereocenters. The largest absolute Gasteiger partial charge is 0.344 e. The highest BCUT2D eigenvalue weighted by Crippen LogP contribution is 2.34. The van der Waals surface area contributed by atoms with E-state index >= 15 is 0 Å². The molecule has 7 nitrogen and oxygen atoms in total. The van der Waals surface area contributed by atoms with Gasteiger partial charge < -0.3 is 9.80 Å². The Kier molecular flexibility index (Phi) is 4.84. The Hall–Kier alpha value is -2.35. The highest BCUT2D eigenvalue weighted by molar-refractivity contribution is 7.13. The van der Waals surface area contributed by atoms with Gasteiger partial charge in [-0.2, -0.15) is 0 Å². The molecule has 2 aromatic heterocycles. The Morgan fingerprint density at radius 2 is 1.96 bits per heavy atom. The summed E-state index contributed by atoms with van der Waals surface area (Å²) in [6.07, 6.45) is 8.92. The Balaban J connectivity index is 1.85. The number of carbonyl (C=O) groups excluding carboxylic acids is 2. The van der Waals surface area contributed by atoms with Gasteiger partial charge in [0.2, 0.25) is 0 Å². The highest BCUT2D eigenvalue weighted by atomic mass is 32.1. The monoisotopic (exact) mass is 345 g/mol. The molecule has 0 spiro atoms. The summed E-state index contributed by atoms with van der Waals surface area (Å²) in [5.41, 5.74) is 0.477. The van der Waals surface area contributed by atoms with E-state index in [4.69, 9.17) is 0 Å². The van der Waals surface area contributed by atoms with E-state index in [1.54, 1.807) is 20.3 Å². The van der Waals surface area contributed by atoms with Gasteiger partial charge in [-0.25, -0.2) is 15.0 Å². The fourth-order valence-corrected chi connectivity index (χ4v) is 3.85. The number of amides is 2. The summed E-state index contributed by atoms with van der Waals surface area (Å²) in [5.74, 6) is -0.153. The summed E-state index contributed by atoms with van der Waals surface area (Å²) < 4.78 is 0. The Morgan fingerprint density at radius 1 is 1.21 bits per heavy atom. The van der Waals surface area contributed by atoms with Gasteiger partial charge in [0.1, 0.15) is 16.2 Å². The van der Waals surface area contributed by atoms with Crippen molar-refractivity contribution in [3.05, 3.63) is 40.4 Å². The van der Waals surface area contributed by atoms with Crippen LogP contribution >= 0.6 is 11.3 Å². The minimum atomic E-state index is -0.0971. The predicted molar refractivity (Wildman–Crippen MR) is 89.8 cm³/mol. The molecular weight excluding hydrogens is 326 g/mol. The zero-order chi connectivity index (χ0) is 17.1. The second-order valence-electron chi connectivity index (χ2n) is 5.90.